The van der Waals surface area contributed by atoms with Gasteiger partial charge in [-0.05, 0) is 30.9 Å². The lowest BCUT2D eigenvalue weighted by Gasteiger charge is -2.38. The molecule has 3 rings (SSSR count). The predicted octanol–water partition coefficient (Wildman–Crippen LogP) is 1.98. The largest absolute Gasteiger partial charge is 0.468 e. The molecule has 1 aromatic carbocycles. The highest BCUT2D eigenvalue weighted by atomic mass is 16.6. The maximum atomic E-state index is 12.9. The van der Waals surface area contributed by atoms with Gasteiger partial charge in [-0.3, -0.25) is 9.59 Å². The highest BCUT2D eigenvalue weighted by Gasteiger charge is 2.39. The van der Waals surface area contributed by atoms with Gasteiger partial charge in [0.1, 0.15) is 11.5 Å². The second-order valence-corrected chi connectivity index (χ2v) is 7.18. The zero-order chi connectivity index (χ0) is 21.5. The number of esters is 1. The van der Waals surface area contributed by atoms with E-state index < -0.39 is 17.9 Å². The maximum Gasteiger partial charge on any atom is 0.414 e. The van der Waals surface area contributed by atoms with Gasteiger partial charge in [0, 0.05) is 12.6 Å². The lowest BCUT2D eigenvalue weighted by atomic mass is 9.85. The average Bonchev–Trinajstić information content (AvgIpc) is 2.78. The molecule has 30 heavy (non-hydrogen) atoms. The molecule has 2 aromatic rings. The fraction of sp³-hybridized carbons (Fsp3) is 0.364. The van der Waals surface area contributed by atoms with Crippen LogP contribution in [0.2, 0.25) is 0 Å². The Bertz CT molecular complexity index is 903. The van der Waals surface area contributed by atoms with Crippen molar-refractivity contribution in [1.82, 2.24) is 4.90 Å². The van der Waals surface area contributed by atoms with Crippen LogP contribution < -0.4 is 10.3 Å². The number of amides is 2. The molecular formula is C22H26N3O5+. The van der Waals surface area contributed by atoms with Crippen molar-refractivity contribution in [1.29, 1.82) is 0 Å². The van der Waals surface area contributed by atoms with Gasteiger partial charge in [-0.25, -0.2) is 4.79 Å². The van der Waals surface area contributed by atoms with Crippen molar-refractivity contribution in [3.8, 4) is 0 Å². The van der Waals surface area contributed by atoms with Crippen molar-refractivity contribution in [3.63, 3.8) is 0 Å². The number of hydrogen-bond donors (Lipinski definition) is 1. The van der Waals surface area contributed by atoms with Crippen LogP contribution in [0.3, 0.4) is 0 Å². The first kappa shape index (κ1) is 21.3. The number of aromatic nitrogens is 1. The summed E-state index contributed by atoms with van der Waals surface area (Å²) in [5, 5.41) is 0. The Morgan fingerprint density at radius 2 is 1.93 bits per heavy atom. The zero-order valence-electron chi connectivity index (χ0n) is 16.9. The molecule has 2 unspecified atom stereocenters. The molecule has 8 heteroatoms. The smallest absolute Gasteiger partial charge is 0.414 e. The summed E-state index contributed by atoms with van der Waals surface area (Å²) in [4.78, 5) is 38.4. The van der Waals surface area contributed by atoms with E-state index in [2.05, 4.69) is 0 Å². The number of hydrogen-bond acceptors (Lipinski definition) is 5. The minimum absolute atomic E-state index is 0.0720. The fourth-order valence-electron chi connectivity index (χ4n) is 3.79. The molecule has 1 fully saturated rings. The van der Waals surface area contributed by atoms with Crippen molar-refractivity contribution >= 4 is 18.0 Å². The van der Waals surface area contributed by atoms with Crippen LogP contribution in [0.4, 0.5) is 4.79 Å². The van der Waals surface area contributed by atoms with Crippen LogP contribution in [0, 0.1) is 0 Å². The van der Waals surface area contributed by atoms with Crippen LogP contribution >= 0.6 is 0 Å². The summed E-state index contributed by atoms with van der Waals surface area (Å²) in [5.74, 6) is -1.53. The van der Waals surface area contributed by atoms with E-state index >= 15 is 0 Å². The summed E-state index contributed by atoms with van der Waals surface area (Å²) in [6, 6.07) is 12.2. The molecule has 1 aromatic heterocycles. The molecule has 2 N–H and O–H groups in total. The van der Waals surface area contributed by atoms with Crippen LogP contribution in [-0.2, 0) is 21.0 Å². The van der Waals surface area contributed by atoms with Crippen LogP contribution in [-0.4, -0.2) is 42.6 Å². The molecule has 0 aliphatic carbocycles. The first-order chi connectivity index (χ1) is 14.5. The third kappa shape index (κ3) is 4.94. The molecule has 1 aliphatic heterocycles. The summed E-state index contributed by atoms with van der Waals surface area (Å²) in [6.07, 6.45) is 5.09. The number of primary amides is 1. The van der Waals surface area contributed by atoms with Gasteiger partial charge in [-0.15, -0.1) is 0 Å². The van der Waals surface area contributed by atoms with E-state index in [4.69, 9.17) is 15.2 Å². The molecule has 0 radical (unpaired) electrons. The standard InChI is InChI=1S/C22H25N3O5/c1-29-21(27)19(16-8-3-2-4-9-16)18-11-5-6-13-25(18)22(28)30-15-24-12-7-10-17(14-24)20(23)26/h2-4,7-10,12,14,18-19H,5-6,11,13,15H2,1H3,(H-,23,26)/p+1. The molecule has 1 aliphatic rings. The van der Waals surface area contributed by atoms with Gasteiger partial charge < -0.3 is 20.1 Å². The predicted molar refractivity (Wildman–Crippen MR) is 107 cm³/mol. The summed E-state index contributed by atoms with van der Waals surface area (Å²) >= 11 is 0. The normalized spacial score (nSPS) is 17.1. The summed E-state index contributed by atoms with van der Waals surface area (Å²) in [6.45, 7) is 0.424. The van der Waals surface area contributed by atoms with Gasteiger partial charge in [0.15, 0.2) is 12.4 Å². The lowest BCUT2D eigenvalue weighted by molar-refractivity contribution is -0.727. The van der Waals surface area contributed by atoms with E-state index in [-0.39, 0.29) is 18.7 Å². The Labute approximate surface area is 175 Å². The minimum atomic E-state index is -0.588. The Balaban J connectivity index is 1.77. The topological polar surface area (TPSA) is 103 Å². The van der Waals surface area contributed by atoms with Gasteiger partial charge in [0.25, 0.3) is 12.6 Å². The van der Waals surface area contributed by atoms with Crippen LogP contribution in [0.15, 0.2) is 54.9 Å². The van der Waals surface area contributed by atoms with Crippen molar-refractivity contribution in [3.05, 3.63) is 66.0 Å². The molecule has 1 saturated heterocycles. The molecule has 0 spiro atoms. The SMILES string of the molecule is COC(=O)C(c1ccccc1)C1CCCCN1C(=O)OC[n+]1cccc(C(N)=O)c1. The highest BCUT2D eigenvalue weighted by molar-refractivity contribution is 5.92. The van der Waals surface area contributed by atoms with Crippen LogP contribution in [0.5, 0.6) is 0 Å². The second-order valence-electron chi connectivity index (χ2n) is 7.18. The Morgan fingerprint density at radius 3 is 2.63 bits per heavy atom. The number of piperidine rings is 1. The minimum Gasteiger partial charge on any atom is -0.468 e. The molecule has 2 amide bonds. The third-order valence-electron chi connectivity index (χ3n) is 5.26. The van der Waals surface area contributed by atoms with Crippen molar-refractivity contribution in [2.75, 3.05) is 13.7 Å². The summed E-state index contributed by atoms with van der Waals surface area (Å²) < 4.78 is 12.1. The molecular weight excluding hydrogens is 386 g/mol. The molecule has 0 saturated carbocycles. The second kappa shape index (κ2) is 9.87. The van der Waals surface area contributed by atoms with Gasteiger partial charge in [0.05, 0.1) is 13.2 Å². The number of nitrogens with zero attached hydrogens (tertiary/aromatic N) is 2. The number of likely N-dealkylation sites (tertiary alicyclic amines) is 1. The van der Waals surface area contributed by atoms with E-state index in [1.54, 1.807) is 27.8 Å². The third-order valence-corrected chi connectivity index (χ3v) is 5.26. The van der Waals surface area contributed by atoms with E-state index in [1.807, 2.05) is 30.3 Å². The van der Waals surface area contributed by atoms with Crippen molar-refractivity contribution < 1.29 is 28.4 Å². The van der Waals surface area contributed by atoms with Crippen molar-refractivity contribution in [2.24, 2.45) is 5.73 Å². The maximum absolute atomic E-state index is 12.9. The number of methoxy groups -OCH3 is 1. The highest BCUT2D eigenvalue weighted by Crippen LogP contribution is 2.32. The first-order valence-electron chi connectivity index (χ1n) is 9.86. The summed E-state index contributed by atoms with van der Waals surface area (Å²) in [7, 11) is 1.35. The van der Waals surface area contributed by atoms with Gasteiger partial charge >= 0.3 is 12.1 Å². The average molecular weight is 412 g/mol. The number of ether oxygens (including phenoxy) is 2. The number of rotatable bonds is 6. The van der Waals surface area contributed by atoms with E-state index in [0.717, 1.165) is 18.4 Å². The van der Waals surface area contributed by atoms with Crippen LogP contribution in [0.25, 0.3) is 0 Å². The Hall–Kier alpha value is -3.42. The molecule has 8 nitrogen and oxygen atoms in total. The number of benzene rings is 1. The quantitative estimate of drug-likeness (QED) is 0.577. The molecule has 158 valence electrons. The number of carbonyl (C=O) groups excluding carboxylic acids is 3. The van der Waals surface area contributed by atoms with Crippen molar-refractivity contribution in [2.45, 2.75) is 38.0 Å². The van der Waals surface area contributed by atoms with Gasteiger partial charge in [0.2, 0.25) is 0 Å². The Kier molecular flexibility index (Phi) is 7.00. The summed E-state index contributed by atoms with van der Waals surface area (Å²) in [5.41, 5.74) is 6.41. The van der Waals surface area contributed by atoms with Gasteiger partial charge in [-0.1, -0.05) is 30.3 Å². The zero-order valence-corrected chi connectivity index (χ0v) is 16.9. The van der Waals surface area contributed by atoms with Crippen LogP contribution in [0.1, 0.15) is 41.1 Å². The number of pyridine rings is 1. The van der Waals surface area contributed by atoms with E-state index in [0.29, 0.717) is 18.5 Å². The monoisotopic (exact) mass is 412 g/mol. The van der Waals surface area contributed by atoms with Gasteiger partial charge in [-0.2, -0.15) is 4.57 Å². The lowest BCUT2D eigenvalue weighted by Crippen LogP contribution is -2.50. The molecule has 2 atom stereocenters. The number of carbonyl (C=O) groups is 3. The first-order valence-corrected chi connectivity index (χ1v) is 9.86. The van der Waals surface area contributed by atoms with E-state index in [1.165, 1.54) is 13.3 Å². The Morgan fingerprint density at radius 1 is 1.17 bits per heavy atom. The number of nitrogens with two attached hydrogens (primary N) is 1. The molecule has 2 heterocycles. The fourth-order valence-corrected chi connectivity index (χ4v) is 3.79. The van der Waals surface area contributed by atoms with E-state index in [9.17, 15) is 14.4 Å². The molecule has 0 bridgehead atoms.